The van der Waals surface area contributed by atoms with Crippen molar-refractivity contribution in [3.63, 3.8) is 0 Å². The predicted molar refractivity (Wildman–Crippen MR) is 140 cm³/mol. The number of nitro benzene ring substituents is 1. The number of benzene rings is 3. The minimum Gasteiger partial charge on any atom is -0.502 e. The highest BCUT2D eigenvalue weighted by Gasteiger charge is 2.53. The molecule has 3 aromatic rings. The van der Waals surface area contributed by atoms with Crippen LogP contribution in [0.25, 0.3) is 0 Å². The van der Waals surface area contributed by atoms with Crippen LogP contribution < -0.4 is 29.0 Å². The molecule has 3 aromatic carbocycles. The number of carbonyl (C=O) groups excluding carboxylic acids is 1. The Labute approximate surface area is 228 Å². The van der Waals surface area contributed by atoms with Crippen LogP contribution in [0.15, 0.2) is 42.5 Å². The molecule has 208 valence electrons. The maximum atomic E-state index is 13.3. The lowest BCUT2D eigenvalue weighted by Crippen LogP contribution is -2.37. The lowest BCUT2D eigenvalue weighted by atomic mass is 9.65. The van der Waals surface area contributed by atoms with Gasteiger partial charge in [-0.3, -0.25) is 14.9 Å². The Morgan fingerprint density at radius 1 is 0.925 bits per heavy atom. The number of nitrogens with one attached hydrogen (secondary N) is 1. The molecule has 0 saturated carbocycles. The quantitative estimate of drug-likeness (QED) is 0.248. The number of hydrogen-bond donors (Lipinski definition) is 2. The summed E-state index contributed by atoms with van der Waals surface area (Å²) in [6.07, 6.45) is 0. The second-order valence-corrected chi connectivity index (χ2v) is 9.67. The summed E-state index contributed by atoms with van der Waals surface area (Å²) in [5.41, 5.74) is 2.53. The zero-order valence-electron chi connectivity index (χ0n) is 21.8. The SMILES string of the molecule is COc1ccc([N+](=O)[O-])cc1N[C@@H]1c2cc3c(cc2[C@@H](c2cc(OC)c(O)c(OC)c2)[C@H]2C(=O)OC[C@@H]21)OCO3. The molecule has 0 amide bonds. The van der Waals surface area contributed by atoms with Crippen LogP contribution in [0.1, 0.15) is 28.7 Å². The number of carbonyl (C=O) groups is 1. The molecule has 0 bridgehead atoms. The Morgan fingerprint density at radius 2 is 1.57 bits per heavy atom. The first-order valence-electron chi connectivity index (χ1n) is 12.5. The molecule has 1 fully saturated rings. The molecule has 6 rings (SSSR count). The van der Waals surface area contributed by atoms with Crippen LogP contribution in [0, 0.1) is 22.0 Å². The Hall–Kier alpha value is -4.87. The van der Waals surface area contributed by atoms with Gasteiger partial charge >= 0.3 is 5.97 Å². The first-order valence-corrected chi connectivity index (χ1v) is 12.5. The highest BCUT2D eigenvalue weighted by atomic mass is 16.7. The molecule has 0 unspecified atom stereocenters. The summed E-state index contributed by atoms with van der Waals surface area (Å²) in [5, 5.41) is 25.5. The fourth-order valence-corrected chi connectivity index (χ4v) is 5.93. The second kappa shape index (κ2) is 9.70. The van der Waals surface area contributed by atoms with Gasteiger partial charge in [0.05, 0.1) is 50.5 Å². The molecular formula is C28H26N2O10. The zero-order chi connectivity index (χ0) is 28.1. The van der Waals surface area contributed by atoms with Gasteiger partial charge in [0.2, 0.25) is 12.5 Å². The number of nitrogens with zero attached hydrogens (tertiary/aromatic N) is 1. The van der Waals surface area contributed by atoms with Gasteiger partial charge in [-0.25, -0.2) is 0 Å². The second-order valence-electron chi connectivity index (χ2n) is 9.67. The third-order valence-electron chi connectivity index (χ3n) is 7.75. The number of ether oxygens (including phenoxy) is 6. The Morgan fingerprint density at radius 3 is 2.20 bits per heavy atom. The predicted octanol–water partition coefficient (Wildman–Crippen LogP) is 4.14. The van der Waals surface area contributed by atoms with Gasteiger partial charge in [-0.1, -0.05) is 0 Å². The van der Waals surface area contributed by atoms with E-state index in [9.17, 15) is 20.0 Å². The normalized spacial score (nSPS) is 22.1. The van der Waals surface area contributed by atoms with Crippen molar-refractivity contribution in [2.45, 2.75) is 12.0 Å². The summed E-state index contributed by atoms with van der Waals surface area (Å²) in [6.45, 7) is 0.171. The van der Waals surface area contributed by atoms with Gasteiger partial charge in [0.25, 0.3) is 5.69 Å². The first-order chi connectivity index (χ1) is 19.3. The van der Waals surface area contributed by atoms with Gasteiger partial charge in [0, 0.05) is 24.0 Å². The number of phenolic OH excluding ortho intramolecular Hbond substituents is 1. The van der Waals surface area contributed by atoms with Crippen molar-refractivity contribution >= 4 is 17.3 Å². The van der Waals surface area contributed by atoms with Crippen LogP contribution in [0.4, 0.5) is 11.4 Å². The molecule has 4 atom stereocenters. The summed E-state index contributed by atoms with van der Waals surface area (Å²) >= 11 is 0. The van der Waals surface area contributed by atoms with Crippen LogP contribution in [0.3, 0.4) is 0 Å². The molecule has 12 nitrogen and oxygen atoms in total. The lowest BCUT2D eigenvalue weighted by Gasteiger charge is -2.40. The molecule has 1 saturated heterocycles. The maximum absolute atomic E-state index is 13.3. The third-order valence-corrected chi connectivity index (χ3v) is 7.75. The number of cyclic esters (lactones) is 1. The van der Waals surface area contributed by atoms with Crippen LogP contribution in [-0.2, 0) is 9.53 Å². The molecule has 12 heteroatoms. The molecule has 40 heavy (non-hydrogen) atoms. The lowest BCUT2D eigenvalue weighted by molar-refractivity contribution is -0.384. The average molecular weight is 551 g/mol. The summed E-state index contributed by atoms with van der Waals surface area (Å²) in [4.78, 5) is 24.4. The van der Waals surface area contributed by atoms with Crippen molar-refractivity contribution in [3.8, 4) is 34.5 Å². The zero-order valence-corrected chi connectivity index (χ0v) is 21.8. The fraction of sp³-hybridized carbons (Fsp3) is 0.321. The van der Waals surface area contributed by atoms with Crippen molar-refractivity contribution in [1.29, 1.82) is 0 Å². The van der Waals surface area contributed by atoms with Crippen LogP contribution in [0.2, 0.25) is 0 Å². The molecule has 2 N–H and O–H groups in total. The van der Waals surface area contributed by atoms with Crippen molar-refractivity contribution in [2.75, 3.05) is 40.0 Å². The number of hydrogen-bond acceptors (Lipinski definition) is 11. The number of phenols is 1. The topological polar surface area (TPSA) is 148 Å². The van der Waals surface area contributed by atoms with Gasteiger partial charge in [-0.05, 0) is 47.0 Å². The van der Waals surface area contributed by atoms with Crippen LogP contribution in [-0.4, -0.2) is 50.7 Å². The maximum Gasteiger partial charge on any atom is 0.310 e. The molecular weight excluding hydrogens is 524 g/mol. The third kappa shape index (κ3) is 3.94. The highest BCUT2D eigenvalue weighted by molar-refractivity contribution is 5.79. The molecule has 2 aliphatic heterocycles. The van der Waals surface area contributed by atoms with E-state index >= 15 is 0 Å². The minimum atomic E-state index is -0.644. The van der Waals surface area contributed by atoms with E-state index < -0.39 is 22.8 Å². The van der Waals surface area contributed by atoms with Crippen molar-refractivity contribution in [1.82, 2.24) is 0 Å². The van der Waals surface area contributed by atoms with Crippen molar-refractivity contribution in [2.24, 2.45) is 11.8 Å². The van der Waals surface area contributed by atoms with E-state index in [0.717, 1.165) is 11.1 Å². The fourth-order valence-electron chi connectivity index (χ4n) is 5.93. The first kappa shape index (κ1) is 25.4. The molecule has 0 radical (unpaired) electrons. The van der Waals surface area contributed by atoms with Gasteiger partial charge in [0.15, 0.2) is 23.0 Å². The van der Waals surface area contributed by atoms with Gasteiger partial charge in [-0.2, -0.15) is 0 Å². The average Bonchev–Trinajstić information content (AvgIpc) is 3.58. The molecule has 2 heterocycles. The largest absolute Gasteiger partial charge is 0.502 e. The molecule has 3 aliphatic rings. The number of fused-ring (bicyclic) bond motifs is 3. The van der Waals surface area contributed by atoms with E-state index in [0.29, 0.717) is 28.5 Å². The number of non-ortho nitro benzene ring substituents is 1. The standard InChI is InChI=1S/C28H26N2O10/c1-35-19-5-4-14(30(33)34)8-18(19)29-26-16-10-21-20(39-12-40-21)9-15(16)24(25-17(26)11-38-28(25)32)13-6-22(36-2)27(31)23(7-13)37-3/h4-10,17,24-26,29,31H,11-12H2,1-3H3/t17-,24+,25-,26+/m0/s1. The molecule has 0 spiro atoms. The van der Waals surface area contributed by atoms with E-state index in [2.05, 4.69) is 5.32 Å². The Kier molecular flexibility index (Phi) is 6.16. The van der Waals surface area contributed by atoms with E-state index in [-0.39, 0.29) is 48.2 Å². The highest BCUT2D eigenvalue weighted by Crippen LogP contribution is 2.56. The number of methoxy groups -OCH3 is 3. The van der Waals surface area contributed by atoms with E-state index in [4.69, 9.17) is 28.4 Å². The molecule has 0 aromatic heterocycles. The van der Waals surface area contributed by atoms with Crippen molar-refractivity contribution < 1.29 is 43.2 Å². The minimum absolute atomic E-state index is 0.0510. The summed E-state index contributed by atoms with van der Waals surface area (Å²) < 4.78 is 33.3. The van der Waals surface area contributed by atoms with E-state index in [1.807, 2.05) is 12.1 Å². The number of aromatic hydroxyl groups is 1. The van der Waals surface area contributed by atoms with Crippen molar-refractivity contribution in [3.05, 3.63) is 69.3 Å². The van der Waals surface area contributed by atoms with Gasteiger partial charge in [0.1, 0.15) is 5.75 Å². The van der Waals surface area contributed by atoms with E-state index in [1.165, 1.54) is 39.5 Å². The van der Waals surface area contributed by atoms with Crippen LogP contribution >= 0.6 is 0 Å². The number of nitro groups is 1. The van der Waals surface area contributed by atoms with E-state index in [1.54, 1.807) is 12.1 Å². The summed E-state index contributed by atoms with van der Waals surface area (Å²) in [7, 11) is 4.35. The molecule has 1 aliphatic carbocycles. The Balaban J connectivity index is 1.55. The smallest absolute Gasteiger partial charge is 0.310 e. The Bertz CT molecular complexity index is 1500. The van der Waals surface area contributed by atoms with Gasteiger partial charge in [-0.15, -0.1) is 0 Å². The number of rotatable bonds is 7. The summed E-state index contributed by atoms with van der Waals surface area (Å²) in [6, 6.07) is 10.8. The number of anilines is 1. The number of esters is 1. The summed E-state index contributed by atoms with van der Waals surface area (Å²) in [5.74, 6) is -0.211. The van der Waals surface area contributed by atoms with Gasteiger partial charge < -0.3 is 38.8 Å². The monoisotopic (exact) mass is 550 g/mol. The van der Waals surface area contributed by atoms with Crippen LogP contribution in [0.5, 0.6) is 34.5 Å².